The zero-order chi connectivity index (χ0) is 9.61. The average Bonchev–Trinajstić information content (AvgIpc) is 2.00. The average molecular weight is 163 g/mol. The van der Waals surface area contributed by atoms with E-state index in [-0.39, 0.29) is 5.41 Å². The van der Waals surface area contributed by atoms with Crippen LogP contribution in [0, 0.1) is 28.6 Å². The molecule has 64 valence electrons. The number of nitriles is 1. The van der Waals surface area contributed by atoms with Gasteiger partial charge < -0.3 is 5.11 Å². The van der Waals surface area contributed by atoms with Gasteiger partial charge in [-0.2, -0.15) is 5.26 Å². The van der Waals surface area contributed by atoms with Crippen LogP contribution in [0.2, 0.25) is 0 Å². The van der Waals surface area contributed by atoms with Crippen molar-refractivity contribution in [3.05, 3.63) is 12.7 Å². The highest BCUT2D eigenvalue weighted by atomic mass is 16.3. The van der Waals surface area contributed by atoms with Gasteiger partial charge in [0.25, 0.3) is 0 Å². The fourth-order valence-electron chi connectivity index (χ4n) is 0.570. The maximum atomic E-state index is 9.01. The first kappa shape index (κ1) is 10.8. The van der Waals surface area contributed by atoms with Crippen LogP contribution in [0.25, 0.3) is 0 Å². The summed E-state index contributed by atoms with van der Waals surface area (Å²) in [6.07, 6.45) is 0.933. The Hall–Kier alpha value is -1.25. The van der Waals surface area contributed by atoms with Crippen LogP contribution in [-0.2, 0) is 0 Å². The molecule has 0 bridgehead atoms. The van der Waals surface area contributed by atoms with Crippen LogP contribution in [-0.4, -0.2) is 11.2 Å². The lowest BCUT2D eigenvalue weighted by molar-refractivity contribution is 0.280. The second-order valence-electron chi connectivity index (χ2n) is 3.17. The van der Waals surface area contributed by atoms with Crippen molar-refractivity contribution in [2.75, 3.05) is 0 Å². The summed E-state index contributed by atoms with van der Waals surface area (Å²) in [7, 11) is 0. The fraction of sp³-hybridized carbons (Fsp3) is 0.500. The van der Waals surface area contributed by atoms with Gasteiger partial charge in [-0.1, -0.05) is 24.5 Å². The van der Waals surface area contributed by atoms with Crippen molar-refractivity contribution >= 4 is 0 Å². The molecular weight excluding hydrogens is 150 g/mol. The molecule has 2 nitrogen and oxygen atoms in total. The monoisotopic (exact) mass is 163 g/mol. The van der Waals surface area contributed by atoms with Gasteiger partial charge in [-0.25, -0.2) is 0 Å². The first-order valence-corrected chi connectivity index (χ1v) is 3.72. The largest absolute Gasteiger partial charge is 0.377 e. The van der Waals surface area contributed by atoms with Crippen molar-refractivity contribution in [3.63, 3.8) is 0 Å². The highest BCUT2D eigenvalue weighted by molar-refractivity contribution is 5.17. The van der Waals surface area contributed by atoms with Crippen LogP contribution in [0.3, 0.4) is 0 Å². The van der Waals surface area contributed by atoms with Gasteiger partial charge in [0.1, 0.15) is 6.10 Å². The van der Waals surface area contributed by atoms with Crippen molar-refractivity contribution in [2.45, 2.75) is 26.4 Å². The molecular formula is C10H13NO. The molecule has 0 amide bonds. The molecule has 0 aliphatic rings. The molecule has 0 radical (unpaired) electrons. The lowest BCUT2D eigenvalue weighted by Gasteiger charge is -2.11. The minimum Gasteiger partial charge on any atom is -0.377 e. The Morgan fingerprint density at radius 2 is 2.25 bits per heavy atom. The van der Waals surface area contributed by atoms with Gasteiger partial charge in [-0.15, -0.1) is 0 Å². The summed E-state index contributed by atoms with van der Waals surface area (Å²) < 4.78 is 0. The third-order valence-electron chi connectivity index (χ3n) is 1.30. The molecule has 1 atom stereocenters. The third kappa shape index (κ3) is 4.55. The van der Waals surface area contributed by atoms with E-state index in [2.05, 4.69) is 18.4 Å². The van der Waals surface area contributed by atoms with Gasteiger partial charge in [0.05, 0.1) is 12.5 Å². The van der Waals surface area contributed by atoms with Gasteiger partial charge >= 0.3 is 0 Å². The summed E-state index contributed by atoms with van der Waals surface area (Å²) in [5.41, 5.74) is -0.348. The van der Waals surface area contributed by atoms with E-state index >= 15 is 0 Å². The molecule has 0 heterocycles. The SMILES string of the molecule is C=CC(O)C#CC(C)(C)CC#N. The normalized spacial score (nSPS) is 12.2. The van der Waals surface area contributed by atoms with E-state index in [0.29, 0.717) is 6.42 Å². The topological polar surface area (TPSA) is 44.0 Å². The van der Waals surface area contributed by atoms with E-state index in [9.17, 15) is 0 Å². The van der Waals surface area contributed by atoms with Crippen LogP contribution in [0.15, 0.2) is 12.7 Å². The molecule has 0 rings (SSSR count). The molecule has 0 fully saturated rings. The molecule has 2 heteroatoms. The molecule has 0 spiro atoms. The minimum atomic E-state index is -0.789. The third-order valence-corrected chi connectivity index (χ3v) is 1.30. The van der Waals surface area contributed by atoms with Crippen LogP contribution in [0.1, 0.15) is 20.3 Å². The second-order valence-corrected chi connectivity index (χ2v) is 3.17. The standard InChI is InChI=1S/C10H13NO/c1-4-9(12)5-6-10(2,3)7-8-11/h4,9,12H,1,7H2,2-3H3. The van der Waals surface area contributed by atoms with Crippen molar-refractivity contribution in [2.24, 2.45) is 5.41 Å². The number of aliphatic hydroxyl groups is 1. The van der Waals surface area contributed by atoms with Gasteiger partial charge in [0.15, 0.2) is 0 Å². The molecule has 0 aliphatic heterocycles. The zero-order valence-electron chi connectivity index (χ0n) is 7.46. The number of nitrogens with zero attached hydrogens (tertiary/aromatic N) is 1. The second kappa shape index (κ2) is 4.59. The molecule has 0 saturated carbocycles. The minimum absolute atomic E-state index is 0.348. The van der Waals surface area contributed by atoms with Gasteiger partial charge in [-0.05, 0) is 13.8 Å². The summed E-state index contributed by atoms with van der Waals surface area (Å²) in [5, 5.41) is 17.4. The van der Waals surface area contributed by atoms with Crippen molar-refractivity contribution in [3.8, 4) is 17.9 Å². The van der Waals surface area contributed by atoms with E-state index in [1.807, 2.05) is 19.9 Å². The molecule has 0 aromatic heterocycles. The smallest absolute Gasteiger partial charge is 0.133 e. The van der Waals surface area contributed by atoms with Crippen LogP contribution < -0.4 is 0 Å². The Morgan fingerprint density at radius 1 is 1.67 bits per heavy atom. The van der Waals surface area contributed by atoms with Gasteiger partial charge in [-0.3, -0.25) is 0 Å². The first-order chi connectivity index (χ1) is 5.52. The number of hydrogen-bond acceptors (Lipinski definition) is 2. The van der Waals surface area contributed by atoms with Crippen LogP contribution >= 0.6 is 0 Å². The number of rotatable bonds is 2. The predicted molar refractivity (Wildman–Crippen MR) is 48.0 cm³/mol. The quantitative estimate of drug-likeness (QED) is 0.495. The van der Waals surface area contributed by atoms with E-state index < -0.39 is 6.10 Å². The van der Waals surface area contributed by atoms with Crippen molar-refractivity contribution in [1.82, 2.24) is 0 Å². The highest BCUT2D eigenvalue weighted by Gasteiger charge is 2.13. The van der Waals surface area contributed by atoms with Crippen molar-refractivity contribution < 1.29 is 5.11 Å². The summed E-state index contributed by atoms with van der Waals surface area (Å²) in [4.78, 5) is 0. The summed E-state index contributed by atoms with van der Waals surface area (Å²) in [6.45, 7) is 7.11. The van der Waals surface area contributed by atoms with E-state index in [1.54, 1.807) is 0 Å². The predicted octanol–water partition coefficient (Wildman–Crippen LogP) is 1.48. The molecule has 0 aliphatic carbocycles. The lowest BCUT2D eigenvalue weighted by Crippen LogP contribution is -2.08. The zero-order valence-corrected chi connectivity index (χ0v) is 7.46. The molecule has 1 N–H and O–H groups in total. The summed E-state index contributed by atoms with van der Waals surface area (Å²) >= 11 is 0. The Kier molecular flexibility index (Phi) is 4.11. The maximum Gasteiger partial charge on any atom is 0.133 e. The Labute approximate surface area is 73.5 Å². The fourth-order valence-corrected chi connectivity index (χ4v) is 0.570. The van der Waals surface area contributed by atoms with Gasteiger partial charge in [0.2, 0.25) is 0 Å². The highest BCUT2D eigenvalue weighted by Crippen LogP contribution is 2.17. The Balaban J connectivity index is 4.28. The van der Waals surface area contributed by atoms with E-state index in [1.165, 1.54) is 6.08 Å². The summed E-state index contributed by atoms with van der Waals surface area (Å²) in [6, 6.07) is 2.04. The molecule has 0 saturated heterocycles. The Bertz CT molecular complexity index is 249. The molecule has 0 aromatic carbocycles. The first-order valence-electron chi connectivity index (χ1n) is 3.72. The summed E-state index contributed by atoms with van der Waals surface area (Å²) in [5.74, 6) is 5.41. The molecule has 0 aromatic rings. The van der Waals surface area contributed by atoms with Crippen molar-refractivity contribution in [1.29, 1.82) is 5.26 Å². The maximum absolute atomic E-state index is 9.01. The molecule has 1 unspecified atom stereocenters. The van der Waals surface area contributed by atoms with E-state index in [4.69, 9.17) is 10.4 Å². The van der Waals surface area contributed by atoms with Crippen LogP contribution in [0.5, 0.6) is 0 Å². The molecule has 12 heavy (non-hydrogen) atoms. The lowest BCUT2D eigenvalue weighted by atomic mass is 9.91. The van der Waals surface area contributed by atoms with Crippen LogP contribution in [0.4, 0.5) is 0 Å². The van der Waals surface area contributed by atoms with Gasteiger partial charge in [0, 0.05) is 5.41 Å². The number of hydrogen-bond donors (Lipinski definition) is 1. The van der Waals surface area contributed by atoms with E-state index in [0.717, 1.165) is 0 Å². The number of aliphatic hydroxyl groups excluding tert-OH is 1. The Morgan fingerprint density at radius 3 is 2.67 bits per heavy atom.